The molecule has 0 saturated carbocycles. The SMILES string of the molecule is Cc1ccc(NC(=O)C2CCN(c3ccc(C(F)(F)F)cc3C#N)CC2)nc1. The molecule has 8 heteroatoms. The van der Waals surface area contributed by atoms with Gasteiger partial charge in [-0.1, -0.05) is 6.07 Å². The molecule has 1 saturated heterocycles. The first-order valence-corrected chi connectivity index (χ1v) is 8.88. The van der Waals surface area contributed by atoms with Crippen LogP contribution in [0.4, 0.5) is 24.7 Å². The highest BCUT2D eigenvalue weighted by Gasteiger charge is 2.32. The Morgan fingerprint density at radius 1 is 1.25 bits per heavy atom. The zero-order valence-corrected chi connectivity index (χ0v) is 15.3. The average molecular weight is 388 g/mol. The lowest BCUT2D eigenvalue weighted by Crippen LogP contribution is -2.38. The summed E-state index contributed by atoms with van der Waals surface area (Å²) in [6, 6.07) is 8.64. The van der Waals surface area contributed by atoms with Crippen molar-refractivity contribution in [1.29, 1.82) is 5.26 Å². The first-order chi connectivity index (χ1) is 13.3. The highest BCUT2D eigenvalue weighted by molar-refractivity contribution is 5.91. The molecular weight excluding hydrogens is 369 g/mol. The van der Waals surface area contributed by atoms with Gasteiger partial charge in [-0.2, -0.15) is 18.4 Å². The minimum Gasteiger partial charge on any atom is -0.370 e. The van der Waals surface area contributed by atoms with Crippen molar-refractivity contribution in [2.75, 3.05) is 23.3 Å². The number of hydrogen-bond acceptors (Lipinski definition) is 4. The molecule has 3 rings (SSSR count). The molecule has 0 unspecified atom stereocenters. The molecule has 1 fully saturated rings. The van der Waals surface area contributed by atoms with Gasteiger partial charge in [0.05, 0.1) is 16.8 Å². The largest absolute Gasteiger partial charge is 0.416 e. The third kappa shape index (κ3) is 4.42. The number of pyridine rings is 1. The predicted octanol–water partition coefficient (Wildman–Crippen LogP) is 4.14. The molecule has 2 heterocycles. The summed E-state index contributed by atoms with van der Waals surface area (Å²) in [7, 11) is 0. The van der Waals surface area contributed by atoms with Crippen LogP contribution in [0.3, 0.4) is 0 Å². The van der Waals surface area contributed by atoms with E-state index in [9.17, 15) is 23.2 Å². The number of carbonyl (C=O) groups excluding carboxylic acids is 1. The molecule has 5 nitrogen and oxygen atoms in total. The van der Waals surface area contributed by atoms with Crippen molar-refractivity contribution in [3.63, 3.8) is 0 Å². The Morgan fingerprint density at radius 3 is 2.54 bits per heavy atom. The summed E-state index contributed by atoms with van der Waals surface area (Å²) in [6.45, 7) is 2.88. The van der Waals surface area contributed by atoms with Gasteiger partial charge >= 0.3 is 6.18 Å². The van der Waals surface area contributed by atoms with Crippen LogP contribution in [0.15, 0.2) is 36.5 Å². The maximum atomic E-state index is 12.8. The van der Waals surface area contributed by atoms with E-state index in [-0.39, 0.29) is 17.4 Å². The number of hydrogen-bond donors (Lipinski definition) is 1. The summed E-state index contributed by atoms with van der Waals surface area (Å²) in [5, 5.41) is 12.0. The topological polar surface area (TPSA) is 69.0 Å². The van der Waals surface area contributed by atoms with E-state index >= 15 is 0 Å². The Labute approximate surface area is 160 Å². The van der Waals surface area contributed by atoms with Crippen molar-refractivity contribution in [3.05, 3.63) is 53.2 Å². The number of rotatable bonds is 3. The van der Waals surface area contributed by atoms with Crippen LogP contribution in [0, 0.1) is 24.2 Å². The molecule has 0 aliphatic carbocycles. The van der Waals surface area contributed by atoms with Crippen molar-refractivity contribution >= 4 is 17.4 Å². The van der Waals surface area contributed by atoms with E-state index in [0.717, 1.165) is 17.7 Å². The average Bonchev–Trinajstić information content (AvgIpc) is 2.68. The second-order valence-corrected chi connectivity index (χ2v) is 6.81. The normalized spacial score (nSPS) is 15.2. The van der Waals surface area contributed by atoms with Gasteiger partial charge in [0.2, 0.25) is 5.91 Å². The summed E-state index contributed by atoms with van der Waals surface area (Å²) in [4.78, 5) is 18.4. The Balaban J connectivity index is 1.64. The van der Waals surface area contributed by atoms with Gasteiger partial charge in [0.1, 0.15) is 11.9 Å². The number of alkyl halides is 3. The van der Waals surface area contributed by atoms with E-state index in [1.54, 1.807) is 12.3 Å². The summed E-state index contributed by atoms with van der Waals surface area (Å²) >= 11 is 0. The van der Waals surface area contributed by atoms with E-state index in [4.69, 9.17) is 0 Å². The van der Waals surface area contributed by atoms with Crippen LogP contribution in [-0.2, 0) is 11.0 Å². The van der Waals surface area contributed by atoms with Crippen molar-refractivity contribution in [3.8, 4) is 6.07 Å². The molecule has 1 N–H and O–H groups in total. The molecule has 1 aromatic carbocycles. The molecule has 1 amide bonds. The van der Waals surface area contributed by atoms with E-state index < -0.39 is 11.7 Å². The standard InChI is InChI=1S/C20H19F3N4O/c1-13-2-5-18(25-12-13)26-19(28)14-6-8-27(9-7-14)17-4-3-16(20(21,22)23)10-15(17)11-24/h2-5,10,12,14H,6-9H2,1H3,(H,25,26,28). The second kappa shape index (κ2) is 7.89. The second-order valence-electron chi connectivity index (χ2n) is 6.81. The molecule has 0 atom stereocenters. The highest BCUT2D eigenvalue weighted by atomic mass is 19.4. The van der Waals surface area contributed by atoms with Crippen LogP contribution in [0.25, 0.3) is 0 Å². The van der Waals surface area contributed by atoms with Crippen LogP contribution in [0.5, 0.6) is 0 Å². The zero-order valence-electron chi connectivity index (χ0n) is 15.3. The van der Waals surface area contributed by atoms with Crippen molar-refractivity contribution in [2.45, 2.75) is 25.9 Å². The summed E-state index contributed by atoms with van der Waals surface area (Å²) in [6.07, 6.45) is -1.72. The van der Waals surface area contributed by atoms with Crippen LogP contribution in [-0.4, -0.2) is 24.0 Å². The van der Waals surface area contributed by atoms with Gasteiger partial charge in [-0.15, -0.1) is 0 Å². The first kappa shape index (κ1) is 19.7. The number of nitriles is 1. The third-order valence-electron chi connectivity index (χ3n) is 4.81. The quantitative estimate of drug-likeness (QED) is 0.858. The van der Waals surface area contributed by atoms with E-state index in [0.29, 0.717) is 37.4 Å². The fourth-order valence-electron chi connectivity index (χ4n) is 3.23. The number of aryl methyl sites for hydroxylation is 1. The predicted molar refractivity (Wildman–Crippen MR) is 98.7 cm³/mol. The lowest BCUT2D eigenvalue weighted by molar-refractivity contribution is -0.137. The van der Waals surface area contributed by atoms with Crippen LogP contribution in [0.1, 0.15) is 29.5 Å². The summed E-state index contributed by atoms with van der Waals surface area (Å²) < 4.78 is 38.5. The Kier molecular flexibility index (Phi) is 5.54. The number of aromatic nitrogens is 1. The molecule has 0 bridgehead atoms. The maximum Gasteiger partial charge on any atom is 0.416 e. The van der Waals surface area contributed by atoms with Crippen molar-refractivity contribution in [1.82, 2.24) is 4.98 Å². The minimum absolute atomic E-state index is 0.0124. The Bertz CT molecular complexity index is 895. The number of anilines is 2. The molecule has 2 aromatic rings. The number of halogens is 3. The van der Waals surface area contributed by atoms with E-state index in [2.05, 4.69) is 10.3 Å². The van der Waals surface area contributed by atoms with E-state index in [1.165, 1.54) is 6.07 Å². The molecular formula is C20H19F3N4O. The third-order valence-corrected chi connectivity index (χ3v) is 4.81. The monoisotopic (exact) mass is 388 g/mol. The molecule has 28 heavy (non-hydrogen) atoms. The van der Waals surface area contributed by atoms with Gasteiger partial charge in [0.25, 0.3) is 0 Å². The van der Waals surface area contributed by atoms with E-state index in [1.807, 2.05) is 24.0 Å². The number of carbonyl (C=O) groups is 1. The lowest BCUT2D eigenvalue weighted by atomic mass is 9.94. The smallest absolute Gasteiger partial charge is 0.370 e. The molecule has 146 valence electrons. The summed E-state index contributed by atoms with van der Waals surface area (Å²) in [5.41, 5.74) is 0.611. The fourth-order valence-corrected chi connectivity index (χ4v) is 3.23. The zero-order chi connectivity index (χ0) is 20.3. The Morgan fingerprint density at radius 2 is 1.96 bits per heavy atom. The lowest BCUT2D eigenvalue weighted by Gasteiger charge is -2.33. The molecule has 0 spiro atoms. The minimum atomic E-state index is -4.49. The fraction of sp³-hybridized carbons (Fsp3) is 0.350. The number of piperidine rings is 1. The molecule has 0 radical (unpaired) electrons. The van der Waals surface area contributed by atoms with Gasteiger partial charge in [0, 0.05) is 25.2 Å². The summed E-state index contributed by atoms with van der Waals surface area (Å²) in [5.74, 6) is 0.163. The number of nitrogens with one attached hydrogen (secondary N) is 1. The highest BCUT2D eigenvalue weighted by Crippen LogP contribution is 2.34. The van der Waals surface area contributed by atoms with Gasteiger partial charge in [-0.05, 0) is 49.6 Å². The Hall–Kier alpha value is -3.08. The van der Waals surface area contributed by atoms with Crippen LogP contribution < -0.4 is 10.2 Å². The van der Waals surface area contributed by atoms with Gasteiger partial charge in [-0.25, -0.2) is 4.98 Å². The molecule has 1 aromatic heterocycles. The first-order valence-electron chi connectivity index (χ1n) is 8.88. The van der Waals surface area contributed by atoms with Crippen molar-refractivity contribution in [2.24, 2.45) is 5.92 Å². The number of amides is 1. The number of benzene rings is 1. The van der Waals surface area contributed by atoms with Crippen molar-refractivity contribution < 1.29 is 18.0 Å². The van der Waals surface area contributed by atoms with Crippen LogP contribution in [0.2, 0.25) is 0 Å². The van der Waals surface area contributed by atoms with Gasteiger partial charge in [-0.3, -0.25) is 4.79 Å². The van der Waals surface area contributed by atoms with Crippen LogP contribution >= 0.6 is 0 Å². The van der Waals surface area contributed by atoms with Gasteiger partial charge < -0.3 is 10.2 Å². The number of nitrogens with zero attached hydrogens (tertiary/aromatic N) is 3. The maximum absolute atomic E-state index is 12.8. The molecule has 1 aliphatic rings. The molecule has 1 aliphatic heterocycles. The van der Waals surface area contributed by atoms with Gasteiger partial charge in [0.15, 0.2) is 0 Å².